The van der Waals surface area contributed by atoms with Crippen LogP contribution in [0.4, 0.5) is 0 Å². The van der Waals surface area contributed by atoms with Gasteiger partial charge in [0.05, 0.1) is 36.9 Å². The highest BCUT2D eigenvalue weighted by Gasteiger charge is 2.63. The Bertz CT molecular complexity index is 1000. The van der Waals surface area contributed by atoms with Crippen LogP contribution in [0.1, 0.15) is 24.3 Å². The summed E-state index contributed by atoms with van der Waals surface area (Å²) in [6.07, 6.45) is 6.59. The molecule has 6 nitrogen and oxygen atoms in total. The molecular formula is C22H18N4O2. The van der Waals surface area contributed by atoms with E-state index in [9.17, 15) is 20.6 Å². The monoisotopic (exact) mass is 370 g/mol. The van der Waals surface area contributed by atoms with E-state index < -0.39 is 23.4 Å². The zero-order valence-electron chi connectivity index (χ0n) is 15.4. The lowest BCUT2D eigenvalue weighted by atomic mass is 9.69. The van der Waals surface area contributed by atoms with Crippen LogP contribution < -0.4 is 4.74 Å². The number of methoxy groups -OCH3 is 1. The topological polar surface area (TPSA) is 101 Å². The number of hydrogen-bond donors (Lipinski definition) is 0. The number of para-hydroxylation sites is 1. The number of Topliss-reactive ketones (excluding diaryl/α,β-unsaturated/α-hetero) is 1. The summed E-state index contributed by atoms with van der Waals surface area (Å²) in [5, 5.41) is 29.6. The van der Waals surface area contributed by atoms with Crippen molar-refractivity contribution in [2.24, 2.45) is 11.3 Å². The van der Waals surface area contributed by atoms with Crippen molar-refractivity contribution >= 4 is 5.78 Å². The number of carbonyl (C=O) groups is 1. The highest BCUT2D eigenvalue weighted by atomic mass is 16.5. The van der Waals surface area contributed by atoms with Gasteiger partial charge in [0.15, 0.2) is 11.2 Å². The number of ether oxygens (including phenoxy) is 1. The third-order valence-corrected chi connectivity index (χ3v) is 5.91. The van der Waals surface area contributed by atoms with Crippen molar-refractivity contribution in [1.82, 2.24) is 4.90 Å². The number of nitrogens with zero attached hydrogens (tertiary/aromatic N) is 4. The van der Waals surface area contributed by atoms with Gasteiger partial charge in [0.1, 0.15) is 11.8 Å². The van der Waals surface area contributed by atoms with Gasteiger partial charge in [-0.25, -0.2) is 0 Å². The second kappa shape index (κ2) is 6.55. The maximum Gasteiger partial charge on any atom is 0.176 e. The fourth-order valence-corrected chi connectivity index (χ4v) is 4.45. The van der Waals surface area contributed by atoms with Gasteiger partial charge in [0, 0.05) is 23.6 Å². The van der Waals surface area contributed by atoms with E-state index in [0.717, 1.165) is 12.8 Å². The molecule has 2 heterocycles. The first-order valence-corrected chi connectivity index (χ1v) is 9.18. The highest BCUT2D eigenvalue weighted by molar-refractivity contribution is 5.91. The minimum absolute atomic E-state index is 0.0251. The maximum atomic E-state index is 13.3. The molecule has 138 valence electrons. The molecule has 3 aliphatic rings. The van der Waals surface area contributed by atoms with E-state index in [0.29, 0.717) is 16.9 Å². The fraction of sp³-hybridized carbons (Fsp3) is 0.364. The summed E-state index contributed by atoms with van der Waals surface area (Å²) >= 11 is 0. The number of fused-ring (bicyclic) bond motifs is 1. The van der Waals surface area contributed by atoms with E-state index in [1.54, 1.807) is 29.3 Å². The van der Waals surface area contributed by atoms with E-state index in [1.807, 2.05) is 18.2 Å². The van der Waals surface area contributed by atoms with Crippen molar-refractivity contribution in [1.29, 1.82) is 15.8 Å². The van der Waals surface area contributed by atoms with Crippen molar-refractivity contribution in [3.63, 3.8) is 0 Å². The van der Waals surface area contributed by atoms with E-state index in [2.05, 4.69) is 18.2 Å². The predicted octanol–water partition coefficient (Wildman–Crippen LogP) is 2.82. The summed E-state index contributed by atoms with van der Waals surface area (Å²) in [4.78, 5) is 15.1. The Morgan fingerprint density at radius 1 is 1.21 bits per heavy atom. The summed E-state index contributed by atoms with van der Waals surface area (Å²) in [6, 6.07) is 12.5. The Labute approximate surface area is 163 Å². The molecule has 28 heavy (non-hydrogen) atoms. The number of rotatable bonds is 4. The summed E-state index contributed by atoms with van der Waals surface area (Å²) in [6.45, 7) is 0. The molecule has 0 N–H and O–H groups in total. The van der Waals surface area contributed by atoms with E-state index >= 15 is 0 Å². The second-order valence-electron chi connectivity index (χ2n) is 7.38. The normalized spacial score (nSPS) is 27.0. The van der Waals surface area contributed by atoms with Gasteiger partial charge in [-0.15, -0.1) is 0 Å². The van der Waals surface area contributed by atoms with E-state index in [1.165, 1.54) is 7.11 Å². The zero-order valence-corrected chi connectivity index (χ0v) is 15.4. The predicted molar refractivity (Wildman–Crippen MR) is 99.4 cm³/mol. The molecule has 2 aliphatic heterocycles. The second-order valence-corrected chi connectivity index (χ2v) is 7.38. The summed E-state index contributed by atoms with van der Waals surface area (Å²) < 4.78 is 5.51. The van der Waals surface area contributed by atoms with Gasteiger partial charge in [-0.2, -0.15) is 15.8 Å². The lowest BCUT2D eigenvalue weighted by molar-refractivity contribution is -0.124. The zero-order chi connectivity index (χ0) is 19.9. The molecule has 4 rings (SSSR count). The molecule has 0 aromatic heterocycles. The van der Waals surface area contributed by atoms with Crippen molar-refractivity contribution in [3.05, 3.63) is 53.8 Å². The Morgan fingerprint density at radius 3 is 2.54 bits per heavy atom. The van der Waals surface area contributed by atoms with Gasteiger partial charge in [-0.05, 0) is 25.0 Å². The van der Waals surface area contributed by atoms with Crippen LogP contribution in [0, 0.1) is 45.3 Å². The minimum atomic E-state index is -1.47. The van der Waals surface area contributed by atoms with Gasteiger partial charge >= 0.3 is 0 Å². The standard InChI is InChI=1S/C22H18N4O2/c1-28-17-5-3-2-4-16(17)19-20(21(27)15-7-8-15)26-11-14(10-23)6-9-18(26)22(19,12-24)13-25/h2-6,9,11,15,18-20H,7-8H2,1H3/t18-,19-,20+/m0/s1. The van der Waals surface area contributed by atoms with Gasteiger partial charge in [0.25, 0.3) is 0 Å². The highest BCUT2D eigenvalue weighted by Crippen LogP contribution is 2.55. The van der Waals surface area contributed by atoms with Crippen LogP contribution in [0.25, 0.3) is 0 Å². The number of allylic oxidation sites excluding steroid dienone is 2. The fourth-order valence-electron chi connectivity index (χ4n) is 4.45. The average Bonchev–Trinajstić information content (AvgIpc) is 3.55. The molecule has 0 spiro atoms. The molecule has 1 aliphatic carbocycles. The molecule has 2 fully saturated rings. The van der Waals surface area contributed by atoms with Gasteiger partial charge in [0.2, 0.25) is 0 Å². The molecule has 0 unspecified atom stereocenters. The molecule has 1 saturated heterocycles. The lowest BCUT2D eigenvalue weighted by Gasteiger charge is -2.30. The average molecular weight is 370 g/mol. The van der Waals surface area contributed by atoms with Crippen molar-refractivity contribution in [3.8, 4) is 24.0 Å². The number of nitriles is 3. The summed E-state index contributed by atoms with van der Waals surface area (Å²) in [5.41, 5.74) is -0.408. The van der Waals surface area contributed by atoms with E-state index in [4.69, 9.17) is 4.74 Å². The number of hydrogen-bond acceptors (Lipinski definition) is 6. The first-order chi connectivity index (χ1) is 13.6. The Hall–Kier alpha value is -3.56. The quantitative estimate of drug-likeness (QED) is 0.808. The molecule has 6 heteroatoms. The Kier molecular flexibility index (Phi) is 4.17. The molecule has 1 aromatic rings. The molecule has 0 radical (unpaired) electrons. The van der Waals surface area contributed by atoms with Crippen LogP contribution >= 0.6 is 0 Å². The van der Waals surface area contributed by atoms with Gasteiger partial charge in [-0.3, -0.25) is 4.79 Å². The smallest absolute Gasteiger partial charge is 0.176 e. The third-order valence-electron chi connectivity index (χ3n) is 5.91. The number of carbonyl (C=O) groups excluding carboxylic acids is 1. The largest absolute Gasteiger partial charge is 0.496 e. The Morgan fingerprint density at radius 2 is 1.93 bits per heavy atom. The molecule has 0 amide bonds. The van der Waals surface area contributed by atoms with E-state index in [-0.39, 0.29) is 11.7 Å². The maximum absolute atomic E-state index is 13.3. The SMILES string of the molecule is COc1ccccc1[C@H]1[C@H](C(=O)C2CC2)N2C=C(C#N)C=C[C@H]2C1(C#N)C#N. The van der Waals surface area contributed by atoms with Crippen LogP contribution in [-0.4, -0.2) is 29.9 Å². The molecule has 3 atom stereocenters. The van der Waals surface area contributed by atoms with Crippen LogP contribution in [0.3, 0.4) is 0 Å². The van der Waals surface area contributed by atoms with Crippen LogP contribution in [0.2, 0.25) is 0 Å². The van der Waals surface area contributed by atoms with Crippen molar-refractivity contribution in [2.75, 3.05) is 7.11 Å². The first kappa shape index (κ1) is 17.8. The summed E-state index contributed by atoms with van der Waals surface area (Å²) in [7, 11) is 1.53. The summed E-state index contributed by atoms with van der Waals surface area (Å²) in [5.74, 6) is -0.169. The molecule has 1 aromatic carbocycles. The van der Waals surface area contributed by atoms with Gasteiger partial charge in [-0.1, -0.05) is 24.3 Å². The molecular weight excluding hydrogens is 352 g/mol. The molecule has 0 bridgehead atoms. The first-order valence-electron chi connectivity index (χ1n) is 9.18. The number of ketones is 1. The van der Waals surface area contributed by atoms with Gasteiger partial charge < -0.3 is 9.64 Å². The van der Waals surface area contributed by atoms with Crippen molar-refractivity contribution < 1.29 is 9.53 Å². The number of benzene rings is 1. The molecule has 1 saturated carbocycles. The minimum Gasteiger partial charge on any atom is -0.496 e. The van der Waals surface area contributed by atoms with Crippen LogP contribution in [0.15, 0.2) is 48.2 Å². The Balaban J connectivity index is 1.96. The lowest BCUT2D eigenvalue weighted by Crippen LogP contribution is -2.40. The van der Waals surface area contributed by atoms with Crippen LogP contribution in [-0.2, 0) is 4.79 Å². The van der Waals surface area contributed by atoms with Crippen molar-refractivity contribution in [2.45, 2.75) is 30.8 Å². The van der Waals surface area contributed by atoms with Crippen LogP contribution in [0.5, 0.6) is 5.75 Å². The third kappa shape index (κ3) is 2.41.